The lowest BCUT2D eigenvalue weighted by Gasteiger charge is -2.13. The number of primary sulfonamides is 1. The average molecular weight is 315 g/mol. The van der Waals surface area contributed by atoms with E-state index >= 15 is 0 Å². The Morgan fingerprint density at radius 3 is 2.45 bits per heavy atom. The Balaban J connectivity index is 2.73. The molecule has 0 unspecified atom stereocenters. The van der Waals surface area contributed by atoms with Crippen molar-refractivity contribution in [1.82, 2.24) is 14.8 Å². The van der Waals surface area contributed by atoms with Gasteiger partial charge in [-0.1, -0.05) is 17.7 Å². The van der Waals surface area contributed by atoms with Crippen LogP contribution in [0.15, 0.2) is 23.4 Å². The molecule has 0 aliphatic rings. The number of nitrogens with two attached hydrogens (primary N) is 1. The fourth-order valence-corrected chi connectivity index (χ4v) is 2.97. The third-order valence-electron chi connectivity index (χ3n) is 2.80. The lowest BCUT2D eigenvalue weighted by molar-refractivity contribution is 0.524. The SMILES string of the molecule is Cc1ccc(-c2nnc(S(N)(=O)=O)n2C(C)C)c(Cl)c1. The van der Waals surface area contributed by atoms with Crippen molar-refractivity contribution in [2.24, 2.45) is 5.14 Å². The Hall–Kier alpha value is -1.44. The van der Waals surface area contributed by atoms with Gasteiger partial charge in [-0.2, -0.15) is 0 Å². The molecule has 0 radical (unpaired) electrons. The second-order valence-corrected chi connectivity index (χ2v) is 6.66. The number of nitrogens with zero attached hydrogens (tertiary/aromatic N) is 3. The Morgan fingerprint density at radius 2 is 1.95 bits per heavy atom. The first-order valence-electron chi connectivity index (χ1n) is 5.96. The Labute approximate surface area is 122 Å². The highest BCUT2D eigenvalue weighted by Crippen LogP contribution is 2.30. The fraction of sp³-hybridized carbons (Fsp3) is 0.333. The van der Waals surface area contributed by atoms with E-state index in [1.165, 1.54) is 4.57 Å². The monoisotopic (exact) mass is 314 g/mol. The minimum atomic E-state index is -3.94. The van der Waals surface area contributed by atoms with Gasteiger partial charge in [0, 0.05) is 11.6 Å². The largest absolute Gasteiger partial charge is 0.294 e. The molecule has 8 heteroatoms. The fourth-order valence-electron chi connectivity index (χ4n) is 1.92. The molecule has 20 heavy (non-hydrogen) atoms. The van der Waals surface area contributed by atoms with E-state index < -0.39 is 10.0 Å². The van der Waals surface area contributed by atoms with Crippen LogP contribution in [0, 0.1) is 6.92 Å². The number of benzene rings is 1. The second-order valence-electron chi connectivity index (χ2n) is 4.80. The molecule has 6 nitrogen and oxygen atoms in total. The van der Waals surface area contributed by atoms with Crippen molar-refractivity contribution in [3.8, 4) is 11.4 Å². The highest BCUT2D eigenvalue weighted by molar-refractivity contribution is 7.89. The number of sulfonamides is 1. The van der Waals surface area contributed by atoms with Gasteiger partial charge in [0.05, 0.1) is 5.02 Å². The summed E-state index contributed by atoms with van der Waals surface area (Å²) in [6.07, 6.45) is 0. The van der Waals surface area contributed by atoms with Crippen LogP contribution >= 0.6 is 11.6 Å². The molecule has 108 valence electrons. The molecule has 2 aromatic rings. The molecule has 1 aromatic heterocycles. The van der Waals surface area contributed by atoms with Gasteiger partial charge < -0.3 is 0 Å². The minimum Gasteiger partial charge on any atom is -0.294 e. The van der Waals surface area contributed by atoms with Gasteiger partial charge in [0.25, 0.3) is 15.2 Å². The van der Waals surface area contributed by atoms with Crippen LogP contribution in [0.4, 0.5) is 0 Å². The van der Waals surface area contributed by atoms with Crippen LogP contribution in [0.2, 0.25) is 5.02 Å². The topological polar surface area (TPSA) is 90.9 Å². The van der Waals surface area contributed by atoms with E-state index in [1.54, 1.807) is 12.1 Å². The van der Waals surface area contributed by atoms with Crippen LogP contribution in [0.5, 0.6) is 0 Å². The molecule has 0 aliphatic heterocycles. The van der Waals surface area contributed by atoms with Crippen LogP contribution < -0.4 is 5.14 Å². The smallest absolute Gasteiger partial charge is 0.273 e. The first-order valence-corrected chi connectivity index (χ1v) is 7.88. The number of hydrogen-bond donors (Lipinski definition) is 1. The Bertz CT molecular complexity index is 753. The zero-order chi connectivity index (χ0) is 15.1. The van der Waals surface area contributed by atoms with Crippen LogP contribution in [-0.2, 0) is 10.0 Å². The van der Waals surface area contributed by atoms with Crippen LogP contribution in [0.1, 0.15) is 25.5 Å². The van der Waals surface area contributed by atoms with Gasteiger partial charge >= 0.3 is 0 Å². The van der Waals surface area contributed by atoms with Gasteiger partial charge in [-0.05, 0) is 38.5 Å². The molecule has 0 aliphatic carbocycles. The number of hydrogen-bond acceptors (Lipinski definition) is 4. The lowest BCUT2D eigenvalue weighted by Crippen LogP contribution is -2.20. The summed E-state index contributed by atoms with van der Waals surface area (Å²) >= 11 is 6.20. The Morgan fingerprint density at radius 1 is 1.30 bits per heavy atom. The molecule has 0 saturated heterocycles. The van der Waals surface area contributed by atoms with Gasteiger partial charge in [0.2, 0.25) is 0 Å². The number of halogens is 1. The maximum Gasteiger partial charge on any atom is 0.273 e. The average Bonchev–Trinajstić information content (AvgIpc) is 2.72. The molecule has 0 saturated carbocycles. The van der Waals surface area contributed by atoms with E-state index in [1.807, 2.05) is 26.8 Å². The van der Waals surface area contributed by atoms with Gasteiger partial charge in [-0.15, -0.1) is 10.2 Å². The molecule has 0 atom stereocenters. The van der Waals surface area contributed by atoms with Crippen molar-refractivity contribution in [2.75, 3.05) is 0 Å². The normalized spacial score (nSPS) is 12.1. The van der Waals surface area contributed by atoms with Crippen LogP contribution in [0.3, 0.4) is 0 Å². The maximum absolute atomic E-state index is 11.6. The highest BCUT2D eigenvalue weighted by atomic mass is 35.5. The van der Waals surface area contributed by atoms with E-state index in [0.29, 0.717) is 16.4 Å². The highest BCUT2D eigenvalue weighted by Gasteiger charge is 2.24. The zero-order valence-electron chi connectivity index (χ0n) is 11.3. The van der Waals surface area contributed by atoms with Crippen LogP contribution in [0.25, 0.3) is 11.4 Å². The quantitative estimate of drug-likeness (QED) is 0.939. The van der Waals surface area contributed by atoms with Gasteiger partial charge in [0.1, 0.15) is 0 Å². The van der Waals surface area contributed by atoms with Crippen molar-refractivity contribution < 1.29 is 8.42 Å². The van der Waals surface area contributed by atoms with Crippen LogP contribution in [-0.4, -0.2) is 23.2 Å². The molecule has 0 spiro atoms. The summed E-state index contributed by atoms with van der Waals surface area (Å²) in [5.41, 5.74) is 1.62. The van der Waals surface area contributed by atoms with Gasteiger partial charge in [0.15, 0.2) is 5.82 Å². The first kappa shape index (κ1) is 15.0. The summed E-state index contributed by atoms with van der Waals surface area (Å²) in [7, 11) is -3.94. The molecule has 1 aromatic carbocycles. The zero-order valence-corrected chi connectivity index (χ0v) is 12.9. The number of rotatable bonds is 3. The van der Waals surface area contributed by atoms with E-state index in [9.17, 15) is 8.42 Å². The summed E-state index contributed by atoms with van der Waals surface area (Å²) in [6.45, 7) is 5.56. The molecular formula is C12H15ClN4O2S. The Kier molecular flexibility index (Phi) is 3.86. The molecular weight excluding hydrogens is 300 g/mol. The molecule has 2 N–H and O–H groups in total. The summed E-state index contributed by atoms with van der Waals surface area (Å²) in [6, 6.07) is 5.27. The third kappa shape index (κ3) is 2.70. The summed E-state index contributed by atoms with van der Waals surface area (Å²) < 4.78 is 24.6. The van der Waals surface area contributed by atoms with Crippen molar-refractivity contribution in [2.45, 2.75) is 32.0 Å². The maximum atomic E-state index is 11.6. The first-order chi connectivity index (χ1) is 9.21. The number of aryl methyl sites for hydroxylation is 1. The predicted octanol–water partition coefficient (Wildman–Crippen LogP) is 2.14. The predicted molar refractivity (Wildman–Crippen MR) is 77.0 cm³/mol. The van der Waals surface area contributed by atoms with E-state index in [2.05, 4.69) is 10.2 Å². The molecule has 2 rings (SSSR count). The standard InChI is InChI=1S/C12H15ClN4O2S/c1-7(2)17-11(15-16-12(17)20(14,18)19)9-5-4-8(3)6-10(9)13/h4-7H,1-3H3,(H2,14,18,19). The van der Waals surface area contributed by atoms with Gasteiger partial charge in [-0.3, -0.25) is 4.57 Å². The molecule has 0 fully saturated rings. The van der Waals surface area contributed by atoms with Gasteiger partial charge in [-0.25, -0.2) is 13.6 Å². The van der Waals surface area contributed by atoms with E-state index in [-0.39, 0.29) is 11.2 Å². The second kappa shape index (κ2) is 5.16. The summed E-state index contributed by atoms with van der Waals surface area (Å²) in [4.78, 5) is 0. The molecule has 0 bridgehead atoms. The molecule has 0 amide bonds. The lowest BCUT2D eigenvalue weighted by atomic mass is 10.1. The van der Waals surface area contributed by atoms with E-state index in [0.717, 1.165) is 5.56 Å². The minimum absolute atomic E-state index is 0.175. The summed E-state index contributed by atoms with van der Waals surface area (Å²) in [5, 5.41) is 13.0. The molecule has 1 heterocycles. The third-order valence-corrected chi connectivity index (χ3v) is 3.90. The van der Waals surface area contributed by atoms with Crippen molar-refractivity contribution in [3.63, 3.8) is 0 Å². The van der Waals surface area contributed by atoms with Crippen molar-refractivity contribution >= 4 is 21.6 Å². The number of aromatic nitrogens is 3. The van der Waals surface area contributed by atoms with Crippen molar-refractivity contribution in [1.29, 1.82) is 0 Å². The summed E-state index contributed by atoms with van der Waals surface area (Å²) in [5.74, 6) is 0.383. The van der Waals surface area contributed by atoms with Crippen molar-refractivity contribution in [3.05, 3.63) is 28.8 Å². The van der Waals surface area contributed by atoms with E-state index in [4.69, 9.17) is 16.7 Å².